The quantitative estimate of drug-likeness (QED) is 0.333. The van der Waals surface area contributed by atoms with Crippen LogP contribution >= 0.6 is 23.4 Å². The third kappa shape index (κ3) is 4.77. The van der Waals surface area contributed by atoms with Gasteiger partial charge in [0, 0.05) is 35.0 Å². The van der Waals surface area contributed by atoms with Gasteiger partial charge in [-0.15, -0.1) is 10.2 Å². The van der Waals surface area contributed by atoms with Gasteiger partial charge in [-0.05, 0) is 37.1 Å². The number of halogens is 1. The second kappa shape index (κ2) is 10.1. The molecule has 34 heavy (non-hydrogen) atoms. The molecule has 5 rings (SSSR count). The first-order chi connectivity index (χ1) is 16.6. The monoisotopic (exact) mass is 497 g/mol. The number of ether oxygens (including phenoxy) is 2. The summed E-state index contributed by atoms with van der Waals surface area (Å²) in [6.07, 6.45) is 4.10. The van der Waals surface area contributed by atoms with Crippen molar-refractivity contribution in [2.45, 2.75) is 30.6 Å². The molecule has 10 heteroatoms. The number of thioether (sulfide) groups is 1. The molecule has 2 N–H and O–H groups in total. The van der Waals surface area contributed by atoms with Crippen molar-refractivity contribution in [3.63, 3.8) is 0 Å². The predicted octanol–water partition coefficient (Wildman–Crippen LogP) is 5.00. The Morgan fingerprint density at radius 3 is 3.00 bits per heavy atom. The summed E-state index contributed by atoms with van der Waals surface area (Å²) in [5.74, 6) is 1.34. The first kappa shape index (κ1) is 22.8. The summed E-state index contributed by atoms with van der Waals surface area (Å²) in [6.45, 7) is 1.41. The van der Waals surface area contributed by atoms with Crippen molar-refractivity contribution in [3.8, 4) is 17.1 Å². The van der Waals surface area contributed by atoms with Crippen LogP contribution in [0.4, 0.5) is 5.69 Å². The minimum absolute atomic E-state index is 0.106. The van der Waals surface area contributed by atoms with E-state index in [0.717, 1.165) is 41.7 Å². The Bertz CT molecular complexity index is 1320. The number of carbonyl (C=O) groups excluding carboxylic acids is 1. The van der Waals surface area contributed by atoms with E-state index in [1.165, 1.54) is 11.8 Å². The van der Waals surface area contributed by atoms with E-state index in [4.69, 9.17) is 21.1 Å². The smallest absolute Gasteiger partial charge is 0.234 e. The minimum Gasteiger partial charge on any atom is -0.495 e. The van der Waals surface area contributed by atoms with Crippen molar-refractivity contribution >= 4 is 45.9 Å². The molecule has 1 aliphatic rings. The fourth-order valence-corrected chi connectivity index (χ4v) is 5.08. The van der Waals surface area contributed by atoms with Crippen molar-refractivity contribution in [2.75, 3.05) is 24.8 Å². The second-order valence-electron chi connectivity index (χ2n) is 7.99. The Balaban J connectivity index is 1.35. The van der Waals surface area contributed by atoms with Gasteiger partial charge in [-0.1, -0.05) is 41.6 Å². The normalized spacial score (nSPS) is 15.6. The number of amides is 1. The summed E-state index contributed by atoms with van der Waals surface area (Å²) in [5.41, 5.74) is 2.62. The second-order valence-corrected chi connectivity index (χ2v) is 9.34. The number of nitrogens with zero attached hydrogens (tertiary/aromatic N) is 3. The Kier molecular flexibility index (Phi) is 6.75. The molecule has 0 saturated carbocycles. The van der Waals surface area contributed by atoms with Gasteiger partial charge in [-0.2, -0.15) is 0 Å². The maximum atomic E-state index is 12.6. The number of benzene rings is 2. The highest BCUT2D eigenvalue weighted by atomic mass is 35.5. The highest BCUT2D eigenvalue weighted by Crippen LogP contribution is 2.32. The zero-order valence-corrected chi connectivity index (χ0v) is 20.2. The largest absolute Gasteiger partial charge is 0.495 e. The van der Waals surface area contributed by atoms with Crippen LogP contribution in [-0.2, 0) is 16.1 Å². The van der Waals surface area contributed by atoms with Crippen molar-refractivity contribution in [3.05, 3.63) is 53.7 Å². The summed E-state index contributed by atoms with van der Waals surface area (Å²) in [5, 5.41) is 14.0. The van der Waals surface area contributed by atoms with Crippen LogP contribution in [0.3, 0.4) is 0 Å². The van der Waals surface area contributed by atoms with Gasteiger partial charge >= 0.3 is 0 Å². The van der Waals surface area contributed by atoms with Gasteiger partial charge in [-0.25, -0.2) is 0 Å². The molecular formula is C24H24ClN5O3S. The number of H-pyrrole nitrogens is 1. The molecule has 1 atom stereocenters. The summed E-state index contributed by atoms with van der Waals surface area (Å²) in [6, 6.07) is 13.2. The van der Waals surface area contributed by atoms with Crippen LogP contribution < -0.4 is 10.1 Å². The first-order valence-corrected chi connectivity index (χ1v) is 12.4. The zero-order chi connectivity index (χ0) is 23.5. The van der Waals surface area contributed by atoms with E-state index in [2.05, 4.69) is 31.1 Å². The van der Waals surface area contributed by atoms with E-state index in [0.29, 0.717) is 28.2 Å². The van der Waals surface area contributed by atoms with E-state index in [1.807, 2.05) is 24.4 Å². The third-order valence-electron chi connectivity index (χ3n) is 5.73. The Labute approximate surface area is 206 Å². The summed E-state index contributed by atoms with van der Waals surface area (Å²) in [7, 11) is 1.55. The number of aromatic amines is 1. The molecule has 176 valence electrons. The molecule has 2 aromatic heterocycles. The lowest BCUT2D eigenvalue weighted by Gasteiger charge is -2.14. The highest BCUT2D eigenvalue weighted by molar-refractivity contribution is 7.99. The molecule has 0 radical (unpaired) electrons. The van der Waals surface area contributed by atoms with Crippen LogP contribution in [0, 0.1) is 0 Å². The van der Waals surface area contributed by atoms with Gasteiger partial charge in [0.2, 0.25) is 5.91 Å². The maximum Gasteiger partial charge on any atom is 0.234 e. The van der Waals surface area contributed by atoms with Crippen molar-refractivity contribution in [1.82, 2.24) is 19.7 Å². The first-order valence-electron chi connectivity index (χ1n) is 11.0. The van der Waals surface area contributed by atoms with Crippen molar-refractivity contribution in [1.29, 1.82) is 0 Å². The molecule has 1 aliphatic heterocycles. The molecule has 1 amide bonds. The molecule has 0 bridgehead atoms. The summed E-state index contributed by atoms with van der Waals surface area (Å²) < 4.78 is 13.1. The van der Waals surface area contributed by atoms with E-state index >= 15 is 0 Å². The average Bonchev–Trinajstić information content (AvgIpc) is 3.58. The van der Waals surface area contributed by atoms with Gasteiger partial charge in [0.05, 0.1) is 30.5 Å². The Morgan fingerprint density at radius 1 is 1.32 bits per heavy atom. The number of para-hydroxylation sites is 1. The lowest BCUT2D eigenvalue weighted by Crippen LogP contribution is -2.18. The van der Waals surface area contributed by atoms with Crippen molar-refractivity contribution in [2.24, 2.45) is 0 Å². The van der Waals surface area contributed by atoms with Crippen LogP contribution in [0.2, 0.25) is 5.02 Å². The molecular weight excluding hydrogens is 474 g/mol. The molecule has 8 nitrogen and oxygen atoms in total. The standard InChI is InChI=1S/C24H24ClN5O3S/c1-32-21-9-8-15(11-19(21)25)27-22(31)14-34-24-29-28-23(30(24)13-16-5-4-10-33-16)18-12-26-20-7-3-2-6-17(18)20/h2-3,6-9,11-12,16,26H,4-5,10,13-14H2,1H3,(H,27,31). The maximum absolute atomic E-state index is 12.6. The van der Waals surface area contributed by atoms with E-state index in [1.54, 1.807) is 25.3 Å². The third-order valence-corrected chi connectivity index (χ3v) is 6.99. The van der Waals surface area contributed by atoms with Crippen LogP contribution in [-0.4, -0.2) is 51.2 Å². The van der Waals surface area contributed by atoms with Gasteiger partial charge < -0.3 is 19.8 Å². The molecule has 0 aliphatic carbocycles. The minimum atomic E-state index is -0.161. The lowest BCUT2D eigenvalue weighted by molar-refractivity contribution is -0.113. The van der Waals surface area contributed by atoms with Crippen molar-refractivity contribution < 1.29 is 14.3 Å². The molecule has 1 unspecified atom stereocenters. The molecule has 2 aromatic carbocycles. The van der Waals surface area contributed by atoms with Crippen LogP contribution in [0.25, 0.3) is 22.3 Å². The van der Waals surface area contributed by atoms with E-state index in [9.17, 15) is 4.79 Å². The average molecular weight is 498 g/mol. The highest BCUT2D eigenvalue weighted by Gasteiger charge is 2.23. The van der Waals surface area contributed by atoms with Gasteiger partial charge in [0.15, 0.2) is 11.0 Å². The Hall–Kier alpha value is -3.01. The molecule has 4 aromatic rings. The SMILES string of the molecule is COc1ccc(NC(=O)CSc2nnc(-c3c[nH]c4ccccc34)n2CC2CCCO2)cc1Cl. The fourth-order valence-electron chi connectivity index (χ4n) is 4.08. The molecule has 1 saturated heterocycles. The lowest BCUT2D eigenvalue weighted by atomic mass is 10.1. The number of fused-ring (bicyclic) bond motifs is 1. The zero-order valence-electron chi connectivity index (χ0n) is 18.6. The molecule has 1 fully saturated rings. The van der Waals surface area contributed by atoms with Crippen LogP contribution in [0.1, 0.15) is 12.8 Å². The van der Waals surface area contributed by atoms with Gasteiger partial charge in [-0.3, -0.25) is 9.36 Å². The summed E-state index contributed by atoms with van der Waals surface area (Å²) >= 11 is 7.51. The number of aromatic nitrogens is 4. The van der Waals surface area contributed by atoms with Gasteiger partial charge in [0.25, 0.3) is 0 Å². The van der Waals surface area contributed by atoms with Crippen LogP contribution in [0.15, 0.2) is 53.8 Å². The topological polar surface area (TPSA) is 94.1 Å². The number of methoxy groups -OCH3 is 1. The van der Waals surface area contributed by atoms with Crippen LogP contribution in [0.5, 0.6) is 5.75 Å². The number of rotatable bonds is 8. The van der Waals surface area contributed by atoms with E-state index < -0.39 is 0 Å². The van der Waals surface area contributed by atoms with E-state index in [-0.39, 0.29) is 17.8 Å². The number of hydrogen-bond donors (Lipinski definition) is 2. The molecule has 3 heterocycles. The number of anilines is 1. The fraction of sp³-hybridized carbons (Fsp3) is 0.292. The Morgan fingerprint density at radius 2 is 2.21 bits per heavy atom. The van der Waals surface area contributed by atoms with Gasteiger partial charge in [0.1, 0.15) is 5.75 Å². The number of nitrogens with one attached hydrogen (secondary N) is 2. The number of hydrogen-bond acceptors (Lipinski definition) is 6. The summed E-state index contributed by atoms with van der Waals surface area (Å²) in [4.78, 5) is 15.9. The predicted molar refractivity (Wildman–Crippen MR) is 134 cm³/mol. The number of carbonyl (C=O) groups is 1. The molecule has 0 spiro atoms.